The van der Waals surface area contributed by atoms with Crippen LogP contribution in [-0.4, -0.2) is 40.9 Å². The number of nitrogen functional groups attached to an aromatic ring is 1. The second kappa shape index (κ2) is 9.03. The highest BCUT2D eigenvalue weighted by atomic mass is 32.2. The number of fused-ring (bicyclic) bond motifs is 1. The Balaban J connectivity index is 2.10. The minimum atomic E-state index is -0.484. The van der Waals surface area contributed by atoms with Crippen LogP contribution >= 0.6 is 23.1 Å². The molecule has 0 aliphatic carbocycles. The van der Waals surface area contributed by atoms with Gasteiger partial charge in [-0.25, -0.2) is 14.8 Å². The highest BCUT2D eigenvalue weighted by Gasteiger charge is 2.23. The van der Waals surface area contributed by atoms with Gasteiger partial charge in [0.05, 0.1) is 35.7 Å². The molecule has 0 atom stereocenters. The van der Waals surface area contributed by atoms with Gasteiger partial charge >= 0.3 is 11.9 Å². The summed E-state index contributed by atoms with van der Waals surface area (Å²) in [5.74, 6) is -0.725. The number of thiophene rings is 1. The molecule has 1 aromatic carbocycles. The van der Waals surface area contributed by atoms with Gasteiger partial charge in [-0.15, -0.1) is 11.3 Å². The molecule has 0 saturated carbocycles. The molecule has 0 unspecified atom stereocenters. The van der Waals surface area contributed by atoms with Crippen molar-refractivity contribution in [1.29, 1.82) is 0 Å². The molecule has 0 radical (unpaired) electrons. The Morgan fingerprint density at radius 3 is 2.50 bits per heavy atom. The number of nitrogens with zero attached hydrogens (tertiary/aromatic N) is 2. The maximum atomic E-state index is 12.2. The van der Waals surface area contributed by atoms with E-state index in [-0.39, 0.29) is 18.3 Å². The molecule has 0 spiro atoms. The molecule has 0 amide bonds. The van der Waals surface area contributed by atoms with Crippen molar-refractivity contribution in [3.63, 3.8) is 0 Å². The molecule has 146 valence electrons. The molecule has 2 N–H and O–H groups in total. The highest BCUT2D eigenvalue weighted by Crippen LogP contribution is 2.39. The molecule has 0 fully saturated rings. The van der Waals surface area contributed by atoms with Crippen LogP contribution < -0.4 is 5.73 Å². The topological polar surface area (TPSA) is 104 Å². The van der Waals surface area contributed by atoms with E-state index in [0.717, 1.165) is 16.9 Å². The largest absolute Gasteiger partial charge is 0.465 e. The van der Waals surface area contributed by atoms with Crippen LogP contribution in [0.4, 0.5) is 5.69 Å². The van der Waals surface area contributed by atoms with Crippen molar-refractivity contribution >= 4 is 50.9 Å². The summed E-state index contributed by atoms with van der Waals surface area (Å²) in [6, 6.07) is 9.50. The summed E-state index contributed by atoms with van der Waals surface area (Å²) < 4.78 is 10.1. The van der Waals surface area contributed by atoms with Crippen molar-refractivity contribution in [2.24, 2.45) is 0 Å². The number of benzene rings is 1. The Bertz CT molecular complexity index is 1010. The molecule has 7 nitrogen and oxygen atoms in total. The monoisotopic (exact) mass is 417 g/mol. The van der Waals surface area contributed by atoms with E-state index in [9.17, 15) is 9.59 Å². The smallest absolute Gasteiger partial charge is 0.350 e. The number of hydrogen-bond donors (Lipinski definition) is 1. The Hall–Kier alpha value is -2.65. The van der Waals surface area contributed by atoms with Gasteiger partial charge in [-0.1, -0.05) is 42.1 Å². The zero-order chi connectivity index (χ0) is 20.1. The van der Waals surface area contributed by atoms with E-state index in [1.807, 2.05) is 30.3 Å². The fourth-order valence-corrected chi connectivity index (χ4v) is 4.23. The lowest BCUT2D eigenvalue weighted by atomic mass is 10.1. The van der Waals surface area contributed by atoms with Crippen molar-refractivity contribution in [2.75, 3.05) is 24.7 Å². The van der Waals surface area contributed by atoms with Crippen LogP contribution in [0.15, 0.2) is 35.5 Å². The zero-order valence-corrected chi connectivity index (χ0v) is 17.1. The van der Waals surface area contributed by atoms with Crippen LogP contribution in [0, 0.1) is 0 Å². The van der Waals surface area contributed by atoms with Gasteiger partial charge in [-0.3, -0.25) is 4.79 Å². The van der Waals surface area contributed by atoms with Crippen LogP contribution in [0.1, 0.15) is 23.5 Å². The lowest BCUT2D eigenvalue weighted by molar-refractivity contribution is -0.139. The maximum Gasteiger partial charge on any atom is 0.350 e. The molecular weight excluding hydrogens is 398 g/mol. The minimum Gasteiger partial charge on any atom is -0.465 e. The SMILES string of the molecule is CCOC(=O)CSc1nc(-c2ccccc2)c2c(N)c(C(=O)OCC)sc2n1. The zero-order valence-electron chi connectivity index (χ0n) is 15.4. The number of anilines is 1. The first-order valence-electron chi connectivity index (χ1n) is 8.66. The Morgan fingerprint density at radius 2 is 1.82 bits per heavy atom. The Morgan fingerprint density at radius 1 is 1.11 bits per heavy atom. The first-order chi connectivity index (χ1) is 13.5. The van der Waals surface area contributed by atoms with Crippen molar-refractivity contribution in [2.45, 2.75) is 19.0 Å². The molecule has 0 aliphatic rings. The van der Waals surface area contributed by atoms with Crippen LogP contribution in [0.5, 0.6) is 0 Å². The lowest BCUT2D eigenvalue weighted by Gasteiger charge is -2.07. The van der Waals surface area contributed by atoms with Gasteiger partial charge in [0, 0.05) is 5.56 Å². The molecule has 0 aliphatic heterocycles. The summed E-state index contributed by atoms with van der Waals surface area (Å²) in [5, 5.41) is 1.02. The van der Waals surface area contributed by atoms with Gasteiger partial charge in [0.15, 0.2) is 5.16 Å². The summed E-state index contributed by atoms with van der Waals surface area (Å²) in [6.45, 7) is 4.06. The fourth-order valence-electron chi connectivity index (χ4n) is 2.55. The second-order valence-electron chi connectivity index (χ2n) is 5.56. The van der Waals surface area contributed by atoms with E-state index in [0.29, 0.717) is 38.2 Å². The second-order valence-corrected chi connectivity index (χ2v) is 7.50. The lowest BCUT2D eigenvalue weighted by Crippen LogP contribution is -2.07. The molecule has 28 heavy (non-hydrogen) atoms. The summed E-state index contributed by atoms with van der Waals surface area (Å²) in [6.07, 6.45) is 0. The number of rotatable bonds is 7. The van der Waals surface area contributed by atoms with E-state index >= 15 is 0 Å². The van der Waals surface area contributed by atoms with E-state index < -0.39 is 5.97 Å². The van der Waals surface area contributed by atoms with Crippen LogP contribution in [0.3, 0.4) is 0 Å². The Labute approximate surface area is 170 Å². The predicted molar refractivity (Wildman–Crippen MR) is 111 cm³/mol. The van der Waals surface area contributed by atoms with Crippen molar-refractivity contribution in [1.82, 2.24) is 9.97 Å². The normalized spacial score (nSPS) is 10.8. The molecule has 0 saturated heterocycles. The van der Waals surface area contributed by atoms with Crippen molar-refractivity contribution in [3.05, 3.63) is 35.2 Å². The number of aromatic nitrogens is 2. The Kier molecular flexibility index (Phi) is 6.48. The minimum absolute atomic E-state index is 0.0964. The van der Waals surface area contributed by atoms with Crippen molar-refractivity contribution in [3.8, 4) is 11.3 Å². The maximum absolute atomic E-state index is 12.2. The summed E-state index contributed by atoms with van der Waals surface area (Å²) in [5.41, 5.74) is 8.03. The standard InChI is InChI=1S/C19H19N3O4S2/c1-3-25-12(23)10-27-19-21-15(11-8-6-5-7-9-11)13-14(20)16(18(24)26-4-2)28-17(13)22-19/h5-9H,3-4,10,20H2,1-2H3. The van der Waals surface area contributed by atoms with Gasteiger partial charge in [-0.05, 0) is 13.8 Å². The summed E-state index contributed by atoms with van der Waals surface area (Å²) >= 11 is 2.34. The molecule has 2 heterocycles. The van der Waals surface area contributed by atoms with Crippen LogP contribution in [0.2, 0.25) is 0 Å². The molecule has 9 heteroatoms. The van der Waals surface area contributed by atoms with Gasteiger partial charge in [0.1, 0.15) is 9.71 Å². The number of thioether (sulfide) groups is 1. The van der Waals surface area contributed by atoms with E-state index in [2.05, 4.69) is 9.97 Å². The number of nitrogens with two attached hydrogens (primary N) is 1. The molecule has 3 rings (SSSR count). The van der Waals surface area contributed by atoms with E-state index in [1.165, 1.54) is 11.8 Å². The number of carbonyl (C=O) groups is 2. The van der Waals surface area contributed by atoms with Gasteiger partial charge in [0.25, 0.3) is 0 Å². The first kappa shape index (κ1) is 20.1. The average molecular weight is 418 g/mol. The van der Waals surface area contributed by atoms with Crippen LogP contribution in [0.25, 0.3) is 21.5 Å². The third-order valence-electron chi connectivity index (χ3n) is 3.70. The van der Waals surface area contributed by atoms with E-state index in [1.54, 1.807) is 13.8 Å². The first-order valence-corrected chi connectivity index (χ1v) is 10.5. The fraction of sp³-hybridized carbons (Fsp3) is 0.263. The number of esters is 2. The van der Waals surface area contributed by atoms with Gasteiger partial charge in [0.2, 0.25) is 0 Å². The third kappa shape index (κ3) is 4.26. The number of ether oxygens (including phenoxy) is 2. The van der Waals surface area contributed by atoms with Crippen LogP contribution in [-0.2, 0) is 14.3 Å². The summed E-state index contributed by atoms with van der Waals surface area (Å²) in [7, 11) is 0. The molecular formula is C19H19N3O4S2. The van der Waals surface area contributed by atoms with Gasteiger partial charge in [-0.2, -0.15) is 0 Å². The molecule has 2 aromatic heterocycles. The highest BCUT2D eigenvalue weighted by molar-refractivity contribution is 7.99. The quantitative estimate of drug-likeness (QED) is 0.352. The predicted octanol–water partition coefficient (Wildman–Crippen LogP) is 3.77. The third-order valence-corrected chi connectivity index (χ3v) is 5.60. The van der Waals surface area contributed by atoms with Crippen molar-refractivity contribution < 1.29 is 19.1 Å². The molecule has 0 bridgehead atoms. The summed E-state index contributed by atoms with van der Waals surface area (Å²) in [4.78, 5) is 33.9. The van der Waals surface area contributed by atoms with E-state index in [4.69, 9.17) is 15.2 Å². The molecule has 3 aromatic rings. The average Bonchev–Trinajstić information content (AvgIpc) is 3.03. The number of hydrogen-bond acceptors (Lipinski definition) is 9. The number of carbonyl (C=O) groups excluding carboxylic acids is 2. The van der Waals surface area contributed by atoms with Gasteiger partial charge < -0.3 is 15.2 Å².